The summed E-state index contributed by atoms with van der Waals surface area (Å²) < 4.78 is 0.827. The second kappa shape index (κ2) is 7.86. The average Bonchev–Trinajstić information content (AvgIpc) is 2.58. The van der Waals surface area contributed by atoms with Crippen molar-refractivity contribution in [3.63, 3.8) is 0 Å². The van der Waals surface area contributed by atoms with Crippen LogP contribution < -0.4 is 10.6 Å². The van der Waals surface area contributed by atoms with Gasteiger partial charge in [-0.25, -0.2) is 9.97 Å². The fourth-order valence-corrected chi connectivity index (χ4v) is 2.85. The number of nitro groups is 1. The van der Waals surface area contributed by atoms with Gasteiger partial charge in [-0.15, -0.1) is 0 Å². The van der Waals surface area contributed by atoms with Crippen LogP contribution in [0.3, 0.4) is 0 Å². The van der Waals surface area contributed by atoms with E-state index in [9.17, 15) is 10.1 Å². The van der Waals surface area contributed by atoms with Gasteiger partial charge in [-0.3, -0.25) is 10.1 Å². The third kappa shape index (κ3) is 4.21. The highest BCUT2D eigenvalue weighted by Gasteiger charge is 2.23. The van der Waals surface area contributed by atoms with Crippen molar-refractivity contribution in [1.29, 1.82) is 0 Å². The quantitative estimate of drug-likeness (QED) is 0.366. The van der Waals surface area contributed by atoms with E-state index >= 15 is 0 Å². The molecule has 10 heteroatoms. The third-order valence-corrected chi connectivity index (χ3v) is 4.51. The molecule has 0 atom stereocenters. The molecular formula is C16H10BrCl2N5O2. The van der Waals surface area contributed by atoms with E-state index in [0.29, 0.717) is 21.4 Å². The number of hydrogen-bond donors (Lipinski definition) is 2. The van der Waals surface area contributed by atoms with Gasteiger partial charge in [0.2, 0.25) is 11.6 Å². The zero-order valence-corrected chi connectivity index (χ0v) is 16.0. The number of halogens is 3. The van der Waals surface area contributed by atoms with Crippen LogP contribution in [0.1, 0.15) is 0 Å². The maximum Gasteiger partial charge on any atom is 0.353 e. The van der Waals surface area contributed by atoms with Crippen molar-refractivity contribution in [3.8, 4) is 0 Å². The summed E-state index contributed by atoms with van der Waals surface area (Å²) in [6.07, 6.45) is 1.23. The fourth-order valence-electron chi connectivity index (χ4n) is 2.15. The van der Waals surface area contributed by atoms with Crippen LogP contribution in [0, 0.1) is 10.1 Å². The summed E-state index contributed by atoms with van der Waals surface area (Å²) in [5.41, 5.74) is 0.856. The molecule has 1 heterocycles. The molecule has 132 valence electrons. The zero-order chi connectivity index (χ0) is 18.7. The summed E-state index contributed by atoms with van der Waals surface area (Å²) in [6, 6.07) is 12.0. The van der Waals surface area contributed by atoms with E-state index in [4.69, 9.17) is 23.2 Å². The van der Waals surface area contributed by atoms with E-state index < -0.39 is 4.92 Å². The van der Waals surface area contributed by atoms with Gasteiger partial charge in [-0.2, -0.15) is 0 Å². The van der Waals surface area contributed by atoms with Crippen molar-refractivity contribution in [3.05, 3.63) is 73.4 Å². The van der Waals surface area contributed by atoms with Crippen molar-refractivity contribution in [2.24, 2.45) is 0 Å². The van der Waals surface area contributed by atoms with Gasteiger partial charge in [0.15, 0.2) is 0 Å². The van der Waals surface area contributed by atoms with E-state index in [-0.39, 0.29) is 17.3 Å². The van der Waals surface area contributed by atoms with Gasteiger partial charge in [-0.05, 0) is 36.4 Å². The molecule has 0 unspecified atom stereocenters. The van der Waals surface area contributed by atoms with Crippen LogP contribution in [0.2, 0.25) is 10.0 Å². The smallest absolute Gasteiger partial charge is 0.334 e. The van der Waals surface area contributed by atoms with Gasteiger partial charge in [0.25, 0.3) is 0 Å². The summed E-state index contributed by atoms with van der Waals surface area (Å²) in [6.45, 7) is 0. The molecule has 3 rings (SSSR count). The Morgan fingerprint density at radius 3 is 2.19 bits per heavy atom. The second-order valence-electron chi connectivity index (χ2n) is 5.07. The predicted molar refractivity (Wildman–Crippen MR) is 106 cm³/mol. The summed E-state index contributed by atoms with van der Waals surface area (Å²) in [5, 5.41) is 18.1. The maximum absolute atomic E-state index is 11.6. The number of hydrogen-bond acceptors (Lipinski definition) is 6. The number of nitrogens with zero attached hydrogens (tertiary/aromatic N) is 3. The van der Waals surface area contributed by atoms with E-state index in [1.54, 1.807) is 36.4 Å². The Morgan fingerprint density at radius 2 is 1.62 bits per heavy atom. The SMILES string of the molecule is O=[N+]([O-])c1c(Nc2cccc(Br)c2)ncnc1Nc1ccc(Cl)c(Cl)c1. The maximum atomic E-state index is 11.6. The molecule has 0 saturated heterocycles. The highest BCUT2D eigenvalue weighted by atomic mass is 79.9. The Labute approximate surface area is 166 Å². The normalized spacial score (nSPS) is 10.4. The van der Waals surface area contributed by atoms with Gasteiger partial charge in [-0.1, -0.05) is 45.2 Å². The minimum Gasteiger partial charge on any atom is -0.334 e. The van der Waals surface area contributed by atoms with E-state index in [1.165, 1.54) is 6.33 Å². The minimum atomic E-state index is -0.555. The molecular weight excluding hydrogens is 445 g/mol. The van der Waals surface area contributed by atoms with Gasteiger partial charge in [0.05, 0.1) is 15.0 Å². The molecule has 2 aromatic carbocycles. The lowest BCUT2D eigenvalue weighted by Gasteiger charge is -2.10. The molecule has 7 nitrogen and oxygen atoms in total. The molecule has 0 aliphatic carbocycles. The number of rotatable bonds is 5. The van der Waals surface area contributed by atoms with Crippen LogP contribution in [-0.4, -0.2) is 14.9 Å². The first-order valence-corrected chi connectivity index (χ1v) is 8.73. The molecule has 0 amide bonds. The lowest BCUT2D eigenvalue weighted by atomic mass is 10.3. The lowest BCUT2D eigenvalue weighted by Crippen LogP contribution is -2.05. The van der Waals surface area contributed by atoms with Crippen molar-refractivity contribution in [2.75, 3.05) is 10.6 Å². The number of nitrogens with one attached hydrogen (secondary N) is 2. The Kier molecular flexibility index (Phi) is 5.55. The van der Waals surface area contributed by atoms with Gasteiger partial charge >= 0.3 is 5.69 Å². The molecule has 0 fully saturated rings. The van der Waals surface area contributed by atoms with Crippen molar-refractivity contribution < 1.29 is 4.92 Å². The summed E-state index contributed by atoms with van der Waals surface area (Å²) in [7, 11) is 0. The van der Waals surface area contributed by atoms with E-state index in [0.717, 1.165) is 4.47 Å². The molecule has 0 radical (unpaired) electrons. The van der Waals surface area contributed by atoms with E-state index in [1.807, 2.05) is 6.07 Å². The van der Waals surface area contributed by atoms with Crippen LogP contribution in [0.5, 0.6) is 0 Å². The Morgan fingerprint density at radius 1 is 0.962 bits per heavy atom. The molecule has 3 aromatic rings. The first kappa shape index (κ1) is 18.4. The number of anilines is 4. The largest absolute Gasteiger partial charge is 0.353 e. The molecule has 1 aromatic heterocycles. The second-order valence-corrected chi connectivity index (χ2v) is 6.80. The average molecular weight is 455 g/mol. The van der Waals surface area contributed by atoms with Crippen molar-refractivity contribution in [2.45, 2.75) is 0 Å². The van der Waals surface area contributed by atoms with E-state index in [2.05, 4.69) is 36.5 Å². The zero-order valence-electron chi connectivity index (χ0n) is 12.9. The fraction of sp³-hybridized carbons (Fsp3) is 0. The molecule has 0 aliphatic rings. The summed E-state index contributed by atoms with van der Waals surface area (Å²) in [4.78, 5) is 19.0. The first-order chi connectivity index (χ1) is 12.4. The first-order valence-electron chi connectivity index (χ1n) is 7.18. The lowest BCUT2D eigenvalue weighted by molar-refractivity contribution is -0.383. The predicted octanol–water partition coefficient (Wildman–Crippen LogP) is 5.94. The Hall–Kier alpha value is -2.42. The van der Waals surface area contributed by atoms with Crippen LogP contribution in [-0.2, 0) is 0 Å². The van der Waals surface area contributed by atoms with Gasteiger partial charge < -0.3 is 10.6 Å². The van der Waals surface area contributed by atoms with Crippen LogP contribution in [0.25, 0.3) is 0 Å². The molecule has 26 heavy (non-hydrogen) atoms. The third-order valence-electron chi connectivity index (χ3n) is 3.27. The summed E-state index contributed by atoms with van der Waals surface area (Å²) >= 11 is 15.2. The molecule has 0 aliphatic heterocycles. The van der Waals surface area contributed by atoms with Gasteiger partial charge in [0.1, 0.15) is 6.33 Å². The highest BCUT2D eigenvalue weighted by Crippen LogP contribution is 2.34. The molecule has 2 N–H and O–H groups in total. The minimum absolute atomic E-state index is 0.0286. The van der Waals surface area contributed by atoms with Crippen LogP contribution in [0.4, 0.5) is 28.7 Å². The number of aromatic nitrogens is 2. The van der Waals surface area contributed by atoms with Crippen LogP contribution >= 0.6 is 39.1 Å². The number of benzene rings is 2. The van der Waals surface area contributed by atoms with Crippen LogP contribution in [0.15, 0.2) is 53.3 Å². The topological polar surface area (TPSA) is 93.0 Å². The Balaban J connectivity index is 1.98. The van der Waals surface area contributed by atoms with Crippen molar-refractivity contribution in [1.82, 2.24) is 9.97 Å². The Bertz CT molecular complexity index is 987. The monoisotopic (exact) mass is 453 g/mol. The van der Waals surface area contributed by atoms with Gasteiger partial charge in [0, 0.05) is 15.8 Å². The highest BCUT2D eigenvalue weighted by molar-refractivity contribution is 9.10. The molecule has 0 saturated carbocycles. The standard InChI is InChI=1S/C16H10BrCl2N5O2/c17-9-2-1-3-10(6-9)22-15-14(24(25)26)16(21-8-20-15)23-11-4-5-12(18)13(19)7-11/h1-8H,(H2,20,21,22,23). The van der Waals surface area contributed by atoms with Crippen molar-refractivity contribution >= 4 is 67.8 Å². The molecule has 0 bridgehead atoms. The summed E-state index contributed by atoms with van der Waals surface area (Å²) in [5.74, 6) is 0.0894. The molecule has 0 spiro atoms.